The van der Waals surface area contributed by atoms with Crippen molar-refractivity contribution in [1.82, 2.24) is 4.57 Å². The van der Waals surface area contributed by atoms with Gasteiger partial charge in [-0.15, -0.1) is 0 Å². The van der Waals surface area contributed by atoms with Crippen molar-refractivity contribution in [1.29, 1.82) is 0 Å². The molecule has 1 rings (SSSR count). The highest BCUT2D eigenvalue weighted by Gasteiger charge is 2.12. The first-order chi connectivity index (χ1) is 9.60. The number of rotatable bonds is 7. The van der Waals surface area contributed by atoms with Crippen molar-refractivity contribution in [3.05, 3.63) is 34.2 Å². The highest BCUT2D eigenvalue weighted by Crippen LogP contribution is 1.98. The Bertz CT molecular complexity index is 521. The van der Waals surface area contributed by atoms with Gasteiger partial charge in [0.25, 0.3) is 5.56 Å². The SMILES string of the molecule is CCCCOC(=O)CCn1cccc(C(=O)OC)c1=O. The van der Waals surface area contributed by atoms with E-state index in [1.54, 1.807) is 6.07 Å². The number of unbranched alkanes of at least 4 members (excludes halogenated alkanes) is 1. The van der Waals surface area contributed by atoms with Crippen molar-refractivity contribution in [2.75, 3.05) is 13.7 Å². The van der Waals surface area contributed by atoms with E-state index in [2.05, 4.69) is 4.74 Å². The third kappa shape index (κ3) is 4.53. The molecule has 0 saturated carbocycles. The Hall–Kier alpha value is -2.11. The summed E-state index contributed by atoms with van der Waals surface area (Å²) in [5, 5.41) is 0. The average Bonchev–Trinajstić information content (AvgIpc) is 2.45. The van der Waals surface area contributed by atoms with Crippen molar-refractivity contribution in [3.8, 4) is 0 Å². The van der Waals surface area contributed by atoms with Gasteiger partial charge in [0.15, 0.2) is 0 Å². The molecule has 6 heteroatoms. The zero-order valence-corrected chi connectivity index (χ0v) is 11.8. The number of nitrogens with zero attached hydrogens (tertiary/aromatic N) is 1. The van der Waals surface area contributed by atoms with Gasteiger partial charge in [-0.2, -0.15) is 0 Å². The molecule has 0 aliphatic carbocycles. The third-order valence-electron chi connectivity index (χ3n) is 2.74. The number of hydrogen-bond acceptors (Lipinski definition) is 5. The maximum absolute atomic E-state index is 12.0. The summed E-state index contributed by atoms with van der Waals surface area (Å²) in [5.41, 5.74) is -0.518. The lowest BCUT2D eigenvalue weighted by atomic mass is 10.2. The number of hydrogen-bond donors (Lipinski definition) is 0. The number of ether oxygens (including phenoxy) is 2. The van der Waals surface area contributed by atoms with Gasteiger partial charge in [0.2, 0.25) is 0 Å². The minimum Gasteiger partial charge on any atom is -0.466 e. The lowest BCUT2D eigenvalue weighted by molar-refractivity contribution is -0.144. The Morgan fingerprint density at radius 1 is 1.35 bits per heavy atom. The summed E-state index contributed by atoms with van der Waals surface area (Å²) < 4.78 is 10.8. The summed E-state index contributed by atoms with van der Waals surface area (Å²) in [4.78, 5) is 34.8. The van der Waals surface area contributed by atoms with Gasteiger partial charge in [0.1, 0.15) is 5.56 Å². The van der Waals surface area contributed by atoms with Crippen molar-refractivity contribution >= 4 is 11.9 Å². The maximum Gasteiger partial charge on any atom is 0.343 e. The van der Waals surface area contributed by atoms with Crippen LogP contribution in [0.3, 0.4) is 0 Å². The molecule has 0 fully saturated rings. The summed E-state index contributed by atoms with van der Waals surface area (Å²) >= 11 is 0. The molecule has 0 radical (unpaired) electrons. The highest BCUT2D eigenvalue weighted by molar-refractivity contribution is 5.88. The molecule has 0 unspecified atom stereocenters. The molecule has 20 heavy (non-hydrogen) atoms. The van der Waals surface area contributed by atoms with E-state index in [0.29, 0.717) is 6.61 Å². The minimum absolute atomic E-state index is 0.0469. The number of carbonyl (C=O) groups is 2. The van der Waals surface area contributed by atoms with Crippen LogP contribution in [0.1, 0.15) is 36.5 Å². The molecule has 0 atom stereocenters. The van der Waals surface area contributed by atoms with Gasteiger partial charge in [-0.25, -0.2) is 4.79 Å². The number of methoxy groups -OCH3 is 1. The summed E-state index contributed by atoms with van der Waals surface area (Å²) in [6, 6.07) is 2.96. The van der Waals surface area contributed by atoms with Crippen LogP contribution in [0.2, 0.25) is 0 Å². The first-order valence-corrected chi connectivity index (χ1v) is 6.53. The van der Waals surface area contributed by atoms with Crippen molar-refractivity contribution in [2.45, 2.75) is 32.7 Å². The Morgan fingerprint density at radius 3 is 2.75 bits per heavy atom. The predicted molar refractivity (Wildman–Crippen MR) is 72.5 cm³/mol. The normalized spacial score (nSPS) is 10.1. The molecule has 1 aromatic rings. The van der Waals surface area contributed by atoms with Crippen LogP contribution in [0.5, 0.6) is 0 Å². The average molecular weight is 281 g/mol. The fourth-order valence-electron chi connectivity index (χ4n) is 1.59. The van der Waals surface area contributed by atoms with Crippen LogP contribution >= 0.6 is 0 Å². The standard InChI is InChI=1S/C14H19NO5/c1-3-4-10-20-12(16)7-9-15-8-5-6-11(13(15)17)14(18)19-2/h5-6,8H,3-4,7,9-10H2,1-2H3. The van der Waals surface area contributed by atoms with Crippen LogP contribution in [0, 0.1) is 0 Å². The van der Waals surface area contributed by atoms with Crippen LogP contribution in [0.15, 0.2) is 23.1 Å². The van der Waals surface area contributed by atoms with Crippen molar-refractivity contribution < 1.29 is 19.1 Å². The third-order valence-corrected chi connectivity index (χ3v) is 2.74. The van der Waals surface area contributed by atoms with E-state index in [-0.39, 0.29) is 24.5 Å². The molecular formula is C14H19NO5. The molecule has 1 aromatic heterocycles. The summed E-state index contributed by atoms with van der Waals surface area (Å²) in [5.74, 6) is -1.04. The largest absolute Gasteiger partial charge is 0.466 e. The first kappa shape index (κ1) is 15.9. The molecular weight excluding hydrogens is 262 g/mol. The van der Waals surface area contributed by atoms with Gasteiger partial charge in [0, 0.05) is 12.7 Å². The van der Waals surface area contributed by atoms with Crippen LogP contribution in [-0.4, -0.2) is 30.2 Å². The smallest absolute Gasteiger partial charge is 0.343 e. The topological polar surface area (TPSA) is 74.6 Å². The second-order valence-electron chi connectivity index (χ2n) is 4.24. The van der Waals surface area contributed by atoms with E-state index >= 15 is 0 Å². The molecule has 0 amide bonds. The van der Waals surface area contributed by atoms with Gasteiger partial charge in [-0.1, -0.05) is 13.3 Å². The second-order valence-corrected chi connectivity index (χ2v) is 4.24. The molecule has 110 valence electrons. The van der Waals surface area contributed by atoms with Gasteiger partial charge >= 0.3 is 11.9 Å². The van der Waals surface area contributed by atoms with Gasteiger partial charge in [0.05, 0.1) is 20.1 Å². The molecule has 0 bridgehead atoms. The Kier molecular flexibility index (Phi) is 6.49. The molecule has 0 aliphatic heterocycles. The fraction of sp³-hybridized carbons (Fsp3) is 0.500. The van der Waals surface area contributed by atoms with Gasteiger partial charge in [-0.05, 0) is 18.6 Å². The number of aryl methyl sites for hydroxylation is 1. The zero-order chi connectivity index (χ0) is 15.0. The predicted octanol–water partition coefficient (Wildman–Crippen LogP) is 1.37. The molecule has 0 aromatic carbocycles. The van der Waals surface area contributed by atoms with Crippen LogP contribution in [0.4, 0.5) is 0 Å². The van der Waals surface area contributed by atoms with Crippen LogP contribution in [0.25, 0.3) is 0 Å². The monoisotopic (exact) mass is 281 g/mol. The van der Waals surface area contributed by atoms with Gasteiger partial charge < -0.3 is 14.0 Å². The molecule has 0 aliphatic rings. The number of esters is 2. The quantitative estimate of drug-likeness (QED) is 0.557. The van der Waals surface area contributed by atoms with E-state index in [1.807, 2.05) is 6.92 Å². The number of aromatic nitrogens is 1. The Morgan fingerprint density at radius 2 is 2.10 bits per heavy atom. The summed E-state index contributed by atoms with van der Waals surface area (Å²) in [6.45, 7) is 2.58. The summed E-state index contributed by atoms with van der Waals surface area (Å²) in [6.07, 6.45) is 3.39. The number of pyridine rings is 1. The lowest BCUT2D eigenvalue weighted by Gasteiger charge is -2.07. The summed E-state index contributed by atoms with van der Waals surface area (Å²) in [7, 11) is 1.21. The molecule has 0 saturated heterocycles. The number of carbonyl (C=O) groups excluding carboxylic acids is 2. The van der Waals surface area contributed by atoms with Crippen molar-refractivity contribution in [3.63, 3.8) is 0 Å². The second kappa shape index (κ2) is 8.14. The minimum atomic E-state index is -0.685. The van der Waals surface area contributed by atoms with Crippen LogP contribution < -0.4 is 5.56 Å². The fourth-order valence-corrected chi connectivity index (χ4v) is 1.59. The highest BCUT2D eigenvalue weighted by atomic mass is 16.5. The van der Waals surface area contributed by atoms with E-state index < -0.39 is 11.5 Å². The molecule has 1 heterocycles. The zero-order valence-electron chi connectivity index (χ0n) is 11.8. The van der Waals surface area contributed by atoms with E-state index in [1.165, 1.54) is 23.9 Å². The van der Waals surface area contributed by atoms with Crippen molar-refractivity contribution in [2.24, 2.45) is 0 Å². The van der Waals surface area contributed by atoms with E-state index in [4.69, 9.17) is 4.74 Å². The molecule has 0 N–H and O–H groups in total. The lowest BCUT2D eigenvalue weighted by Crippen LogP contribution is -2.27. The van der Waals surface area contributed by atoms with Gasteiger partial charge in [-0.3, -0.25) is 9.59 Å². The van der Waals surface area contributed by atoms with E-state index in [0.717, 1.165) is 12.8 Å². The van der Waals surface area contributed by atoms with E-state index in [9.17, 15) is 14.4 Å². The Balaban J connectivity index is 2.63. The Labute approximate surface area is 117 Å². The first-order valence-electron chi connectivity index (χ1n) is 6.53. The molecule has 0 spiro atoms. The molecule has 6 nitrogen and oxygen atoms in total. The maximum atomic E-state index is 12.0. The van der Waals surface area contributed by atoms with Crippen LogP contribution in [-0.2, 0) is 20.8 Å².